The number of nitrogens with zero attached hydrogens (tertiary/aromatic N) is 3. The number of benzene rings is 1. The number of methoxy groups -OCH3 is 1. The molecule has 1 aromatic carbocycles. The molecule has 1 atom stereocenters. The molecule has 1 aromatic heterocycles. The van der Waals surface area contributed by atoms with E-state index in [1.807, 2.05) is 11.9 Å². The smallest absolute Gasteiger partial charge is 0.251 e. The number of amides is 2. The van der Waals surface area contributed by atoms with Crippen LogP contribution in [0.2, 0.25) is 0 Å². The van der Waals surface area contributed by atoms with Gasteiger partial charge in [0.05, 0.1) is 31.3 Å². The molecule has 3 rings (SSSR count). The van der Waals surface area contributed by atoms with E-state index >= 15 is 0 Å². The molecule has 2 aromatic rings. The van der Waals surface area contributed by atoms with E-state index in [0.29, 0.717) is 43.4 Å². The van der Waals surface area contributed by atoms with Crippen LogP contribution in [0.5, 0.6) is 5.75 Å². The summed E-state index contributed by atoms with van der Waals surface area (Å²) in [5, 5.41) is 12.0. The fourth-order valence-electron chi connectivity index (χ4n) is 2.90. The number of ether oxygens (including phenoxy) is 2. The van der Waals surface area contributed by atoms with Crippen LogP contribution < -0.4 is 20.3 Å². The maximum absolute atomic E-state index is 12.3. The van der Waals surface area contributed by atoms with Crippen LogP contribution in [0.25, 0.3) is 0 Å². The molecule has 1 aliphatic rings. The number of rotatable bonds is 8. The predicted octanol–water partition coefficient (Wildman–Crippen LogP) is 0.0846. The molecule has 0 spiro atoms. The first-order chi connectivity index (χ1) is 13.6. The van der Waals surface area contributed by atoms with Crippen LogP contribution >= 0.6 is 0 Å². The van der Waals surface area contributed by atoms with Crippen LogP contribution in [0.1, 0.15) is 22.6 Å². The number of carbonyl (C=O) groups is 2. The van der Waals surface area contributed by atoms with E-state index in [-0.39, 0.29) is 24.3 Å². The van der Waals surface area contributed by atoms with Crippen molar-refractivity contribution in [3.8, 4) is 5.75 Å². The normalized spacial score (nSPS) is 15.5. The van der Waals surface area contributed by atoms with Crippen molar-refractivity contribution in [3.05, 3.63) is 35.9 Å². The lowest BCUT2D eigenvalue weighted by molar-refractivity contribution is -0.121. The highest BCUT2D eigenvalue weighted by Gasteiger charge is 2.27. The molecule has 0 bridgehead atoms. The number of likely N-dealkylation sites (N-methyl/N-ethyl adjacent to an activating group) is 1. The SMILES string of the molecule is COCCNC(=O)c1ccc2c(c1)N(C)[C@H](CC(=O)NCc1ncn[nH]1)CO2. The van der Waals surface area contributed by atoms with E-state index in [0.717, 1.165) is 5.69 Å². The number of anilines is 1. The van der Waals surface area contributed by atoms with Crippen LogP contribution in [0.3, 0.4) is 0 Å². The number of nitrogens with one attached hydrogen (secondary N) is 3. The van der Waals surface area contributed by atoms with Crippen molar-refractivity contribution >= 4 is 17.5 Å². The minimum absolute atomic E-state index is 0.117. The van der Waals surface area contributed by atoms with Gasteiger partial charge >= 0.3 is 0 Å². The van der Waals surface area contributed by atoms with Crippen LogP contribution in [0, 0.1) is 0 Å². The van der Waals surface area contributed by atoms with E-state index in [2.05, 4.69) is 25.8 Å². The molecule has 1 aliphatic heterocycles. The fourth-order valence-corrected chi connectivity index (χ4v) is 2.90. The number of aromatic amines is 1. The third-order valence-corrected chi connectivity index (χ3v) is 4.51. The Morgan fingerprint density at radius 1 is 1.39 bits per heavy atom. The largest absolute Gasteiger partial charge is 0.489 e. The standard InChI is InChI=1S/C18H24N6O4/c1-24-13(8-17(25)20-9-16-21-11-22-23-16)10-28-15-4-3-12(7-14(15)24)18(26)19-5-6-27-2/h3-4,7,11,13H,5-6,8-10H2,1-2H3,(H,19,26)(H,20,25)(H,21,22,23)/t13-/m1/s1. The molecule has 0 saturated heterocycles. The Morgan fingerprint density at radius 3 is 3.00 bits per heavy atom. The summed E-state index contributed by atoms with van der Waals surface area (Å²) in [6.07, 6.45) is 1.65. The van der Waals surface area contributed by atoms with Gasteiger partial charge in [0, 0.05) is 26.3 Å². The summed E-state index contributed by atoms with van der Waals surface area (Å²) in [6.45, 7) is 1.56. The second-order valence-corrected chi connectivity index (χ2v) is 6.42. The van der Waals surface area contributed by atoms with Gasteiger partial charge in [0.15, 0.2) is 0 Å². The van der Waals surface area contributed by atoms with Gasteiger partial charge in [0.2, 0.25) is 5.91 Å². The zero-order valence-corrected chi connectivity index (χ0v) is 15.9. The second-order valence-electron chi connectivity index (χ2n) is 6.42. The topological polar surface area (TPSA) is 121 Å². The number of aromatic nitrogens is 3. The number of carbonyl (C=O) groups excluding carboxylic acids is 2. The monoisotopic (exact) mass is 388 g/mol. The lowest BCUT2D eigenvalue weighted by Crippen LogP contribution is -2.43. The molecule has 0 fully saturated rings. The first-order valence-corrected chi connectivity index (χ1v) is 8.96. The van der Waals surface area contributed by atoms with E-state index in [4.69, 9.17) is 9.47 Å². The Hall–Kier alpha value is -3.14. The highest BCUT2D eigenvalue weighted by atomic mass is 16.5. The number of fused-ring (bicyclic) bond motifs is 1. The van der Waals surface area contributed by atoms with E-state index in [1.165, 1.54) is 6.33 Å². The van der Waals surface area contributed by atoms with Gasteiger partial charge in [0.1, 0.15) is 24.5 Å². The van der Waals surface area contributed by atoms with Crippen molar-refractivity contribution in [1.82, 2.24) is 25.8 Å². The van der Waals surface area contributed by atoms with Gasteiger partial charge < -0.3 is 25.0 Å². The van der Waals surface area contributed by atoms with Gasteiger partial charge in [-0.3, -0.25) is 14.7 Å². The maximum atomic E-state index is 12.3. The summed E-state index contributed by atoms with van der Waals surface area (Å²) in [6, 6.07) is 5.13. The molecule has 10 heteroatoms. The Labute approximate surface area is 162 Å². The average molecular weight is 388 g/mol. The zero-order chi connectivity index (χ0) is 19.9. The van der Waals surface area contributed by atoms with Crippen molar-refractivity contribution in [2.24, 2.45) is 0 Å². The molecule has 0 radical (unpaired) electrons. The van der Waals surface area contributed by atoms with Crippen LogP contribution in [0.15, 0.2) is 24.5 Å². The number of hydrogen-bond donors (Lipinski definition) is 3. The van der Waals surface area contributed by atoms with E-state index in [1.54, 1.807) is 25.3 Å². The molecule has 2 heterocycles. The Balaban J connectivity index is 1.60. The van der Waals surface area contributed by atoms with E-state index < -0.39 is 0 Å². The molecule has 150 valence electrons. The summed E-state index contributed by atoms with van der Waals surface area (Å²) >= 11 is 0. The van der Waals surface area contributed by atoms with E-state index in [9.17, 15) is 9.59 Å². The minimum atomic E-state index is -0.180. The molecular weight excluding hydrogens is 364 g/mol. The highest BCUT2D eigenvalue weighted by Crippen LogP contribution is 2.34. The maximum Gasteiger partial charge on any atom is 0.251 e. The second kappa shape index (κ2) is 9.18. The van der Waals surface area contributed by atoms with Crippen molar-refractivity contribution in [1.29, 1.82) is 0 Å². The minimum Gasteiger partial charge on any atom is -0.489 e. The van der Waals surface area contributed by atoms with Gasteiger partial charge in [-0.15, -0.1) is 0 Å². The number of H-pyrrole nitrogens is 1. The van der Waals surface area contributed by atoms with Crippen molar-refractivity contribution in [2.45, 2.75) is 19.0 Å². The predicted molar refractivity (Wildman–Crippen MR) is 101 cm³/mol. The van der Waals surface area contributed by atoms with Gasteiger partial charge in [-0.2, -0.15) is 5.10 Å². The third-order valence-electron chi connectivity index (χ3n) is 4.51. The quantitative estimate of drug-likeness (QED) is 0.548. The first-order valence-electron chi connectivity index (χ1n) is 8.96. The van der Waals surface area contributed by atoms with Crippen molar-refractivity contribution in [2.75, 3.05) is 38.8 Å². The van der Waals surface area contributed by atoms with Crippen LogP contribution in [-0.2, 0) is 16.1 Å². The molecule has 0 unspecified atom stereocenters. The van der Waals surface area contributed by atoms with Gasteiger partial charge in [0.25, 0.3) is 5.91 Å². The van der Waals surface area contributed by atoms with Crippen LogP contribution in [0.4, 0.5) is 5.69 Å². The fraction of sp³-hybridized carbons (Fsp3) is 0.444. The molecule has 2 amide bonds. The Morgan fingerprint density at radius 2 is 2.25 bits per heavy atom. The van der Waals surface area contributed by atoms with Crippen LogP contribution in [-0.4, -0.2) is 67.0 Å². The lowest BCUT2D eigenvalue weighted by atomic mass is 10.1. The van der Waals surface area contributed by atoms with Gasteiger partial charge in [-0.1, -0.05) is 0 Å². The third kappa shape index (κ3) is 4.77. The van der Waals surface area contributed by atoms with Gasteiger partial charge in [-0.25, -0.2) is 4.98 Å². The van der Waals surface area contributed by atoms with Gasteiger partial charge in [-0.05, 0) is 18.2 Å². The van der Waals surface area contributed by atoms with Crippen molar-refractivity contribution in [3.63, 3.8) is 0 Å². The average Bonchev–Trinajstić information content (AvgIpc) is 3.22. The Kier molecular flexibility index (Phi) is 6.43. The molecule has 0 aliphatic carbocycles. The zero-order valence-electron chi connectivity index (χ0n) is 15.9. The van der Waals surface area contributed by atoms with Crippen molar-refractivity contribution < 1.29 is 19.1 Å². The molecular formula is C18H24N6O4. The summed E-state index contributed by atoms with van der Waals surface area (Å²) in [7, 11) is 3.47. The first kappa shape index (κ1) is 19.6. The molecule has 0 saturated carbocycles. The summed E-state index contributed by atoms with van der Waals surface area (Å²) in [5.41, 5.74) is 1.31. The molecule has 10 nitrogen and oxygen atoms in total. The summed E-state index contributed by atoms with van der Waals surface area (Å²) in [4.78, 5) is 30.5. The molecule has 28 heavy (non-hydrogen) atoms. The molecule has 3 N–H and O–H groups in total. The highest BCUT2D eigenvalue weighted by molar-refractivity contribution is 5.95. The summed E-state index contributed by atoms with van der Waals surface area (Å²) < 4.78 is 10.7. The summed E-state index contributed by atoms with van der Waals surface area (Å²) in [5.74, 6) is 0.985. The number of hydrogen-bond acceptors (Lipinski definition) is 7. The lowest BCUT2D eigenvalue weighted by Gasteiger charge is -2.35. The Bertz CT molecular complexity index is 810.